The van der Waals surface area contributed by atoms with Crippen LogP contribution in [0.1, 0.15) is 48.2 Å². The highest BCUT2D eigenvalue weighted by atomic mass is 16.5. The van der Waals surface area contributed by atoms with Gasteiger partial charge in [0.05, 0.1) is 6.20 Å². The number of benzene rings is 1. The fourth-order valence-electron chi connectivity index (χ4n) is 4.52. The van der Waals surface area contributed by atoms with Crippen LogP contribution < -0.4 is 5.32 Å². The number of rotatable bonds is 5. The zero-order chi connectivity index (χ0) is 18.0. The number of carbonyl (C=O) groups excluding carboxylic acids is 2. The van der Waals surface area contributed by atoms with Crippen molar-refractivity contribution in [2.24, 2.45) is 5.41 Å². The molecular formula is C20H23N3O3. The van der Waals surface area contributed by atoms with Crippen LogP contribution in [0.3, 0.4) is 0 Å². The molecule has 0 unspecified atom stereocenters. The first-order chi connectivity index (χ1) is 12.7. The monoisotopic (exact) mass is 353 g/mol. The molecule has 6 heteroatoms. The molecule has 136 valence electrons. The van der Waals surface area contributed by atoms with Crippen molar-refractivity contribution in [1.82, 2.24) is 15.4 Å². The molecule has 1 aliphatic heterocycles. The van der Waals surface area contributed by atoms with Gasteiger partial charge in [-0.25, -0.2) is 0 Å². The maximum Gasteiger partial charge on any atom is 0.289 e. The van der Waals surface area contributed by atoms with Gasteiger partial charge in [0, 0.05) is 37.0 Å². The molecule has 2 heterocycles. The van der Waals surface area contributed by atoms with Gasteiger partial charge >= 0.3 is 0 Å². The van der Waals surface area contributed by atoms with Crippen molar-refractivity contribution >= 4 is 11.8 Å². The molecule has 1 aromatic heterocycles. The van der Waals surface area contributed by atoms with Crippen LogP contribution in [-0.4, -0.2) is 34.5 Å². The van der Waals surface area contributed by atoms with Crippen molar-refractivity contribution in [1.29, 1.82) is 0 Å². The molecule has 2 amide bonds. The largest absolute Gasteiger partial charge is 0.351 e. The van der Waals surface area contributed by atoms with Gasteiger partial charge in [0.2, 0.25) is 11.7 Å². The summed E-state index contributed by atoms with van der Waals surface area (Å²) in [6.07, 6.45) is 5.96. The lowest BCUT2D eigenvalue weighted by atomic mass is 9.74. The highest BCUT2D eigenvalue weighted by Gasteiger charge is 2.50. The minimum Gasteiger partial charge on any atom is -0.351 e. The summed E-state index contributed by atoms with van der Waals surface area (Å²) >= 11 is 0. The molecule has 26 heavy (non-hydrogen) atoms. The topological polar surface area (TPSA) is 75.4 Å². The van der Waals surface area contributed by atoms with E-state index in [2.05, 4.69) is 22.6 Å². The normalized spacial score (nSPS) is 25.2. The van der Waals surface area contributed by atoms with Gasteiger partial charge in [0.1, 0.15) is 0 Å². The minimum atomic E-state index is -0.242. The van der Waals surface area contributed by atoms with E-state index < -0.39 is 0 Å². The van der Waals surface area contributed by atoms with Crippen molar-refractivity contribution in [2.45, 2.75) is 44.7 Å². The predicted octanol–water partition coefficient (Wildman–Crippen LogP) is 2.77. The molecule has 2 atom stereocenters. The van der Waals surface area contributed by atoms with Crippen LogP contribution in [0.25, 0.3) is 0 Å². The second kappa shape index (κ2) is 6.94. The summed E-state index contributed by atoms with van der Waals surface area (Å²) in [5.74, 6) is 0.205. The lowest BCUT2D eigenvalue weighted by Crippen LogP contribution is -2.55. The fourth-order valence-corrected chi connectivity index (χ4v) is 4.52. The summed E-state index contributed by atoms with van der Waals surface area (Å²) in [4.78, 5) is 26.9. The van der Waals surface area contributed by atoms with E-state index in [9.17, 15) is 9.59 Å². The zero-order valence-corrected chi connectivity index (χ0v) is 14.7. The molecule has 0 bridgehead atoms. The molecule has 0 spiro atoms. The number of amides is 2. The highest BCUT2D eigenvalue weighted by molar-refractivity contribution is 5.91. The number of fused-ring (bicyclic) bond motifs is 1. The van der Waals surface area contributed by atoms with E-state index in [0.29, 0.717) is 19.5 Å². The molecule has 1 saturated carbocycles. The van der Waals surface area contributed by atoms with Crippen LogP contribution in [0.4, 0.5) is 0 Å². The molecule has 1 aromatic carbocycles. The van der Waals surface area contributed by atoms with Gasteiger partial charge in [-0.3, -0.25) is 9.59 Å². The number of aromatic nitrogens is 1. The Balaban J connectivity index is 1.50. The van der Waals surface area contributed by atoms with Crippen LogP contribution in [-0.2, 0) is 11.3 Å². The number of piperidine rings is 1. The van der Waals surface area contributed by atoms with Crippen molar-refractivity contribution in [2.75, 3.05) is 6.54 Å². The third-order valence-electron chi connectivity index (χ3n) is 5.85. The molecule has 4 rings (SSSR count). The van der Waals surface area contributed by atoms with Crippen LogP contribution in [0.5, 0.6) is 0 Å². The molecule has 2 aliphatic rings. The Morgan fingerprint density at radius 1 is 1.27 bits per heavy atom. The van der Waals surface area contributed by atoms with E-state index in [4.69, 9.17) is 4.52 Å². The summed E-state index contributed by atoms with van der Waals surface area (Å²) in [7, 11) is 0. The number of likely N-dealkylation sites (tertiary alicyclic amines) is 1. The lowest BCUT2D eigenvalue weighted by molar-refractivity contribution is -0.142. The van der Waals surface area contributed by atoms with Gasteiger partial charge in [0.15, 0.2) is 0 Å². The second-order valence-electron chi connectivity index (χ2n) is 7.34. The number of carbonyl (C=O) groups is 2. The minimum absolute atomic E-state index is 0.0433. The first-order valence-corrected chi connectivity index (χ1v) is 9.20. The Bertz CT molecular complexity index is 775. The average Bonchev–Trinajstić information content (AvgIpc) is 3.33. The predicted molar refractivity (Wildman–Crippen MR) is 95.1 cm³/mol. The molecular weight excluding hydrogens is 330 g/mol. The quantitative estimate of drug-likeness (QED) is 0.897. The number of hydrogen-bond acceptors (Lipinski definition) is 4. The summed E-state index contributed by atoms with van der Waals surface area (Å²) in [6, 6.07) is 11.9. The maximum atomic E-state index is 12.6. The third kappa shape index (κ3) is 3.11. The molecule has 2 fully saturated rings. The van der Waals surface area contributed by atoms with Gasteiger partial charge in [0.25, 0.3) is 5.91 Å². The summed E-state index contributed by atoms with van der Waals surface area (Å²) in [5.41, 5.74) is 1.10. The van der Waals surface area contributed by atoms with Gasteiger partial charge in [-0.2, -0.15) is 0 Å². The third-order valence-corrected chi connectivity index (χ3v) is 5.85. The first-order valence-electron chi connectivity index (χ1n) is 9.20. The molecule has 1 N–H and O–H groups in total. The van der Waals surface area contributed by atoms with E-state index in [1.54, 1.807) is 6.07 Å². The molecule has 0 radical (unpaired) electrons. The van der Waals surface area contributed by atoms with Crippen LogP contribution in [0.15, 0.2) is 47.1 Å². The first kappa shape index (κ1) is 16.8. The SMILES string of the molecule is O=C(NC[C@@]12CCC[C@H]1N(Cc1ccccc1)C(=O)CC2)c1ccno1. The highest BCUT2D eigenvalue weighted by Crippen LogP contribution is 2.48. The summed E-state index contributed by atoms with van der Waals surface area (Å²) in [5, 5.41) is 6.59. The Labute approximate surface area is 152 Å². The van der Waals surface area contributed by atoms with E-state index in [0.717, 1.165) is 31.2 Å². The molecule has 1 saturated heterocycles. The van der Waals surface area contributed by atoms with Crippen molar-refractivity contribution in [3.63, 3.8) is 0 Å². The van der Waals surface area contributed by atoms with Crippen molar-refractivity contribution in [3.05, 3.63) is 53.9 Å². The number of hydrogen-bond donors (Lipinski definition) is 1. The Morgan fingerprint density at radius 3 is 2.88 bits per heavy atom. The zero-order valence-electron chi connectivity index (χ0n) is 14.7. The maximum absolute atomic E-state index is 12.6. The second-order valence-corrected chi connectivity index (χ2v) is 7.34. The van der Waals surface area contributed by atoms with E-state index in [1.807, 2.05) is 23.1 Å². The Hall–Kier alpha value is -2.63. The van der Waals surface area contributed by atoms with E-state index in [1.165, 1.54) is 6.20 Å². The Kier molecular flexibility index (Phi) is 4.49. The van der Waals surface area contributed by atoms with E-state index in [-0.39, 0.29) is 29.0 Å². The van der Waals surface area contributed by atoms with Gasteiger partial charge < -0.3 is 14.7 Å². The number of nitrogens with one attached hydrogen (secondary N) is 1. The van der Waals surface area contributed by atoms with Crippen molar-refractivity contribution < 1.29 is 14.1 Å². The fraction of sp³-hybridized carbons (Fsp3) is 0.450. The molecule has 2 aromatic rings. The number of nitrogens with zero attached hydrogens (tertiary/aromatic N) is 2. The van der Waals surface area contributed by atoms with Gasteiger partial charge in [-0.05, 0) is 24.8 Å². The lowest BCUT2D eigenvalue weighted by Gasteiger charge is -2.46. The Morgan fingerprint density at radius 2 is 2.12 bits per heavy atom. The van der Waals surface area contributed by atoms with Gasteiger partial charge in [-0.15, -0.1) is 0 Å². The van der Waals surface area contributed by atoms with E-state index >= 15 is 0 Å². The van der Waals surface area contributed by atoms with Crippen LogP contribution in [0, 0.1) is 5.41 Å². The van der Waals surface area contributed by atoms with Crippen molar-refractivity contribution in [3.8, 4) is 0 Å². The summed E-state index contributed by atoms with van der Waals surface area (Å²) in [6.45, 7) is 1.21. The molecule has 1 aliphatic carbocycles. The van der Waals surface area contributed by atoms with Crippen LogP contribution >= 0.6 is 0 Å². The van der Waals surface area contributed by atoms with Gasteiger partial charge in [-0.1, -0.05) is 41.9 Å². The standard InChI is InChI=1S/C20H23N3O3/c24-18-8-11-20(14-21-19(25)16-9-12-22-26-16)10-4-7-17(20)23(18)13-15-5-2-1-3-6-15/h1-3,5-6,9,12,17H,4,7-8,10-11,13-14H2,(H,21,25)/t17-,20+/m1/s1. The smallest absolute Gasteiger partial charge is 0.289 e. The molecule has 6 nitrogen and oxygen atoms in total. The van der Waals surface area contributed by atoms with Crippen LogP contribution in [0.2, 0.25) is 0 Å². The summed E-state index contributed by atoms with van der Waals surface area (Å²) < 4.78 is 4.93. The average molecular weight is 353 g/mol.